The van der Waals surface area contributed by atoms with Gasteiger partial charge in [0.05, 0.1) is 5.75 Å². The molecule has 2 aliphatic rings. The van der Waals surface area contributed by atoms with Crippen molar-refractivity contribution in [3.8, 4) is 0 Å². The molecule has 1 saturated heterocycles. The molecule has 0 spiro atoms. The Morgan fingerprint density at radius 1 is 1.05 bits per heavy atom. The van der Waals surface area contributed by atoms with Crippen molar-refractivity contribution in [2.24, 2.45) is 5.92 Å². The molecule has 1 aliphatic heterocycles. The van der Waals surface area contributed by atoms with Gasteiger partial charge in [-0.15, -0.1) is 0 Å². The lowest BCUT2D eigenvalue weighted by molar-refractivity contribution is 0.391. The van der Waals surface area contributed by atoms with Crippen molar-refractivity contribution < 1.29 is 8.42 Å². The second-order valence-electron chi connectivity index (χ2n) is 6.68. The van der Waals surface area contributed by atoms with Crippen molar-refractivity contribution >= 4 is 10.0 Å². The minimum Gasteiger partial charge on any atom is -0.314 e. The third kappa shape index (κ3) is 5.70. The lowest BCUT2D eigenvalue weighted by Crippen LogP contribution is -2.40. The smallest absolute Gasteiger partial charge is 0.211 e. The molecule has 2 fully saturated rings. The molecule has 1 heterocycles. The monoisotopic (exact) mass is 302 g/mol. The zero-order chi connectivity index (χ0) is 14.4. The van der Waals surface area contributed by atoms with Crippen LogP contribution in [0.1, 0.15) is 64.7 Å². The fourth-order valence-electron chi connectivity index (χ4n) is 3.39. The third-order valence-electron chi connectivity index (χ3n) is 4.75. The van der Waals surface area contributed by atoms with Crippen LogP contribution in [0, 0.1) is 5.92 Å². The summed E-state index contributed by atoms with van der Waals surface area (Å²) in [6, 6.07) is 0.568. The predicted octanol–water partition coefficient (Wildman–Crippen LogP) is 2.41. The Labute approximate surface area is 124 Å². The highest BCUT2D eigenvalue weighted by molar-refractivity contribution is 7.89. The van der Waals surface area contributed by atoms with E-state index < -0.39 is 10.0 Å². The van der Waals surface area contributed by atoms with E-state index in [1.807, 2.05) is 0 Å². The average molecular weight is 302 g/mol. The topological polar surface area (TPSA) is 58.2 Å². The fourth-order valence-corrected chi connectivity index (χ4v) is 4.84. The van der Waals surface area contributed by atoms with E-state index in [9.17, 15) is 8.42 Å². The van der Waals surface area contributed by atoms with Gasteiger partial charge in [0.25, 0.3) is 0 Å². The summed E-state index contributed by atoms with van der Waals surface area (Å²) in [7, 11) is -3.10. The van der Waals surface area contributed by atoms with Crippen molar-refractivity contribution in [1.82, 2.24) is 10.0 Å². The van der Waals surface area contributed by atoms with E-state index in [1.165, 1.54) is 19.3 Å². The van der Waals surface area contributed by atoms with Crippen LogP contribution >= 0.6 is 0 Å². The van der Waals surface area contributed by atoms with Crippen LogP contribution < -0.4 is 10.0 Å². The first-order valence-corrected chi connectivity index (χ1v) is 9.94. The van der Waals surface area contributed by atoms with Crippen LogP contribution in [0.3, 0.4) is 0 Å². The molecule has 0 aromatic carbocycles. The zero-order valence-electron chi connectivity index (χ0n) is 12.7. The van der Waals surface area contributed by atoms with Gasteiger partial charge >= 0.3 is 0 Å². The molecule has 0 bridgehead atoms. The molecule has 3 atom stereocenters. The zero-order valence-corrected chi connectivity index (χ0v) is 13.6. The third-order valence-corrected chi connectivity index (χ3v) is 6.22. The number of hydrogen-bond donors (Lipinski definition) is 2. The predicted molar refractivity (Wildman–Crippen MR) is 83.2 cm³/mol. The number of nitrogens with one attached hydrogen (secondary N) is 2. The maximum atomic E-state index is 12.2. The summed E-state index contributed by atoms with van der Waals surface area (Å²) in [5.74, 6) is 1.02. The maximum Gasteiger partial charge on any atom is 0.211 e. The van der Waals surface area contributed by atoms with Gasteiger partial charge in [-0.3, -0.25) is 0 Å². The Morgan fingerprint density at radius 2 is 1.90 bits per heavy atom. The summed E-state index contributed by atoms with van der Waals surface area (Å²) in [6.45, 7) is 3.31. The van der Waals surface area contributed by atoms with Crippen molar-refractivity contribution in [3.05, 3.63) is 0 Å². The Hall–Kier alpha value is -0.130. The van der Waals surface area contributed by atoms with E-state index in [1.54, 1.807) is 0 Å². The lowest BCUT2D eigenvalue weighted by atomic mass is 10.0. The summed E-state index contributed by atoms with van der Waals surface area (Å²) in [4.78, 5) is 0. The Kier molecular flexibility index (Phi) is 6.30. The maximum absolute atomic E-state index is 12.2. The SMILES string of the molecule is CC1CCCC(NS(=O)(=O)CCC2CCCCN2)CC1. The minimum absolute atomic E-state index is 0.171. The van der Waals surface area contributed by atoms with Crippen molar-refractivity contribution in [1.29, 1.82) is 0 Å². The van der Waals surface area contributed by atoms with Crippen LogP contribution in [0.4, 0.5) is 0 Å². The van der Waals surface area contributed by atoms with E-state index in [2.05, 4.69) is 17.0 Å². The van der Waals surface area contributed by atoms with Gasteiger partial charge in [0, 0.05) is 12.1 Å². The highest BCUT2D eigenvalue weighted by Gasteiger charge is 2.22. The summed E-state index contributed by atoms with van der Waals surface area (Å²) in [5, 5.41) is 3.42. The Morgan fingerprint density at radius 3 is 2.65 bits per heavy atom. The molecule has 0 aromatic rings. The highest BCUT2D eigenvalue weighted by Crippen LogP contribution is 2.23. The van der Waals surface area contributed by atoms with Crippen LogP contribution in [0.2, 0.25) is 0 Å². The summed E-state index contributed by atoms with van der Waals surface area (Å²) in [5.41, 5.74) is 0. The van der Waals surface area contributed by atoms with Gasteiger partial charge in [0.1, 0.15) is 0 Å². The van der Waals surface area contributed by atoms with Crippen molar-refractivity contribution in [3.63, 3.8) is 0 Å². The summed E-state index contributed by atoms with van der Waals surface area (Å²) < 4.78 is 27.3. The molecule has 0 aromatic heterocycles. The van der Waals surface area contributed by atoms with Gasteiger partial charge in [-0.25, -0.2) is 13.1 Å². The van der Waals surface area contributed by atoms with Gasteiger partial charge in [-0.1, -0.05) is 26.2 Å². The second-order valence-corrected chi connectivity index (χ2v) is 8.56. The first-order valence-electron chi connectivity index (χ1n) is 8.28. The van der Waals surface area contributed by atoms with Crippen LogP contribution in [-0.4, -0.2) is 32.8 Å². The molecule has 2 N–H and O–H groups in total. The fraction of sp³-hybridized carbons (Fsp3) is 1.00. The van der Waals surface area contributed by atoms with Gasteiger partial charge in [-0.05, 0) is 51.0 Å². The van der Waals surface area contributed by atoms with E-state index in [0.717, 1.165) is 51.0 Å². The molecule has 4 nitrogen and oxygen atoms in total. The number of piperidine rings is 1. The van der Waals surface area contributed by atoms with E-state index >= 15 is 0 Å². The van der Waals surface area contributed by atoms with Gasteiger partial charge < -0.3 is 5.32 Å². The average Bonchev–Trinajstić information content (AvgIpc) is 2.62. The standard InChI is InChI=1S/C15H30N2O2S/c1-13-5-4-7-15(9-8-13)17-20(18,19)12-10-14-6-2-3-11-16-14/h13-17H,2-12H2,1H3. The second kappa shape index (κ2) is 7.76. The van der Waals surface area contributed by atoms with Gasteiger partial charge in [-0.2, -0.15) is 0 Å². The first kappa shape index (κ1) is 16.2. The van der Waals surface area contributed by atoms with E-state index in [4.69, 9.17) is 0 Å². The molecule has 0 radical (unpaired) electrons. The van der Waals surface area contributed by atoms with Gasteiger partial charge in [0.15, 0.2) is 0 Å². The number of hydrogen-bond acceptors (Lipinski definition) is 3. The molecule has 5 heteroatoms. The molecular formula is C15H30N2O2S. The highest BCUT2D eigenvalue weighted by atomic mass is 32.2. The largest absolute Gasteiger partial charge is 0.314 e. The van der Waals surface area contributed by atoms with Gasteiger partial charge in [0.2, 0.25) is 10.0 Å². The number of rotatable bonds is 5. The van der Waals surface area contributed by atoms with Crippen LogP contribution in [0.5, 0.6) is 0 Å². The lowest BCUT2D eigenvalue weighted by Gasteiger charge is -2.24. The Balaban J connectivity index is 1.74. The molecular weight excluding hydrogens is 272 g/mol. The molecule has 1 aliphatic carbocycles. The minimum atomic E-state index is -3.10. The van der Waals surface area contributed by atoms with Crippen LogP contribution in [0.25, 0.3) is 0 Å². The van der Waals surface area contributed by atoms with Crippen molar-refractivity contribution in [2.75, 3.05) is 12.3 Å². The summed E-state index contributed by atoms with van der Waals surface area (Å²) in [6.07, 6.45) is 9.87. The first-order chi connectivity index (χ1) is 9.55. The number of sulfonamides is 1. The molecule has 20 heavy (non-hydrogen) atoms. The quantitative estimate of drug-likeness (QED) is 0.767. The molecule has 3 unspecified atom stereocenters. The van der Waals surface area contributed by atoms with E-state index in [-0.39, 0.29) is 11.8 Å². The van der Waals surface area contributed by atoms with Crippen molar-refractivity contribution in [2.45, 2.75) is 76.8 Å². The summed E-state index contributed by atoms with van der Waals surface area (Å²) >= 11 is 0. The molecule has 2 rings (SSSR count). The molecule has 0 amide bonds. The normalized spacial score (nSPS) is 32.8. The molecule has 118 valence electrons. The Bertz CT molecular complexity index is 377. The van der Waals surface area contributed by atoms with Crippen LogP contribution in [-0.2, 0) is 10.0 Å². The van der Waals surface area contributed by atoms with E-state index in [0.29, 0.717) is 6.04 Å². The molecule has 1 saturated carbocycles. The van der Waals surface area contributed by atoms with Crippen LogP contribution in [0.15, 0.2) is 0 Å².